The Morgan fingerprint density at radius 3 is 2.70 bits per heavy atom. The zero-order valence-corrected chi connectivity index (χ0v) is 7.70. The van der Waals surface area contributed by atoms with Gasteiger partial charge in [-0.2, -0.15) is 25.3 Å². The fourth-order valence-electron chi connectivity index (χ4n) is 0.479. The number of hydrogen-bond acceptors (Lipinski definition) is 4. The normalized spacial score (nSPS) is 12.7. The summed E-state index contributed by atoms with van der Waals surface area (Å²) in [6, 6.07) is 0. The highest BCUT2D eigenvalue weighted by Gasteiger charge is 2.12. The summed E-state index contributed by atoms with van der Waals surface area (Å²) in [5.74, 6) is 0.410. The van der Waals surface area contributed by atoms with E-state index in [2.05, 4.69) is 25.3 Å². The van der Waals surface area contributed by atoms with Crippen LogP contribution in [-0.4, -0.2) is 23.6 Å². The molecule has 0 saturated carbocycles. The van der Waals surface area contributed by atoms with E-state index in [1.54, 1.807) is 6.92 Å². The number of carbonyl (C=O) groups excluding carboxylic acids is 1. The molecule has 0 fully saturated rings. The van der Waals surface area contributed by atoms with E-state index in [1.807, 2.05) is 0 Å². The average Bonchev–Trinajstić information content (AvgIpc) is 1.89. The maximum atomic E-state index is 10.8. The summed E-state index contributed by atoms with van der Waals surface area (Å²) < 4.78 is 4.71. The molecule has 4 heteroatoms. The zero-order valence-electron chi connectivity index (χ0n) is 5.91. The Kier molecular flexibility index (Phi) is 6.02. The van der Waals surface area contributed by atoms with Gasteiger partial charge >= 0.3 is 5.97 Å². The minimum absolute atomic E-state index is 0.250. The van der Waals surface area contributed by atoms with Gasteiger partial charge in [0.25, 0.3) is 0 Å². The Balaban J connectivity index is 3.49. The van der Waals surface area contributed by atoms with Gasteiger partial charge in [0.2, 0.25) is 0 Å². The largest absolute Gasteiger partial charge is 0.465 e. The third kappa shape index (κ3) is 4.06. The van der Waals surface area contributed by atoms with Gasteiger partial charge in [-0.05, 0) is 19.1 Å². The van der Waals surface area contributed by atoms with Gasteiger partial charge in [0.05, 0.1) is 6.61 Å². The molecule has 10 heavy (non-hydrogen) atoms. The average molecular weight is 180 g/mol. The third-order valence-corrected chi connectivity index (χ3v) is 1.69. The molecule has 0 aliphatic carbocycles. The summed E-state index contributed by atoms with van der Waals surface area (Å²) in [4.78, 5) is 10.8. The molecule has 0 aliphatic heterocycles. The van der Waals surface area contributed by atoms with Crippen molar-refractivity contribution in [2.24, 2.45) is 0 Å². The molecule has 0 N–H and O–H groups in total. The molecule has 0 aromatic carbocycles. The summed E-state index contributed by atoms with van der Waals surface area (Å²) >= 11 is 7.98. The molecule has 60 valence electrons. The highest BCUT2D eigenvalue weighted by molar-refractivity contribution is 7.82. The van der Waals surface area contributed by atoms with Crippen molar-refractivity contribution in [1.82, 2.24) is 0 Å². The second-order valence-corrected chi connectivity index (χ2v) is 2.85. The van der Waals surface area contributed by atoms with E-state index in [9.17, 15) is 4.79 Å². The van der Waals surface area contributed by atoms with Crippen LogP contribution in [0.25, 0.3) is 0 Å². The van der Waals surface area contributed by atoms with Crippen molar-refractivity contribution < 1.29 is 9.53 Å². The lowest BCUT2D eigenvalue weighted by Crippen LogP contribution is -2.18. The Bertz CT molecular complexity index is 106. The SMILES string of the molecule is CCOC(=O)C(S)CCS. The minimum atomic E-state index is -0.308. The lowest BCUT2D eigenvalue weighted by atomic mass is 10.3. The Labute approximate surface area is 72.1 Å². The topological polar surface area (TPSA) is 26.3 Å². The van der Waals surface area contributed by atoms with Crippen LogP contribution in [0.2, 0.25) is 0 Å². The van der Waals surface area contributed by atoms with Gasteiger partial charge in [0.1, 0.15) is 5.25 Å². The highest BCUT2D eigenvalue weighted by Crippen LogP contribution is 2.04. The minimum Gasteiger partial charge on any atom is -0.465 e. The van der Waals surface area contributed by atoms with E-state index in [0.717, 1.165) is 0 Å². The van der Waals surface area contributed by atoms with Crippen LogP contribution in [0, 0.1) is 0 Å². The second-order valence-electron chi connectivity index (χ2n) is 1.78. The van der Waals surface area contributed by atoms with Crippen LogP contribution in [0.3, 0.4) is 0 Å². The van der Waals surface area contributed by atoms with Crippen molar-refractivity contribution in [1.29, 1.82) is 0 Å². The fraction of sp³-hybridized carbons (Fsp3) is 0.833. The molecule has 0 rings (SSSR count). The van der Waals surface area contributed by atoms with E-state index >= 15 is 0 Å². The number of esters is 1. The van der Waals surface area contributed by atoms with E-state index in [0.29, 0.717) is 18.8 Å². The smallest absolute Gasteiger partial charge is 0.318 e. The van der Waals surface area contributed by atoms with E-state index in [4.69, 9.17) is 4.74 Å². The summed E-state index contributed by atoms with van der Waals surface area (Å²) in [7, 11) is 0. The summed E-state index contributed by atoms with van der Waals surface area (Å²) in [6.45, 7) is 2.20. The van der Waals surface area contributed by atoms with E-state index < -0.39 is 0 Å². The molecule has 0 bridgehead atoms. The van der Waals surface area contributed by atoms with Gasteiger partial charge in [-0.1, -0.05) is 0 Å². The summed E-state index contributed by atoms with van der Waals surface area (Å²) in [6.07, 6.45) is 0.658. The van der Waals surface area contributed by atoms with Crippen LogP contribution in [0.15, 0.2) is 0 Å². The second kappa shape index (κ2) is 5.92. The number of ether oxygens (including phenoxy) is 1. The summed E-state index contributed by atoms with van der Waals surface area (Å²) in [5, 5.41) is -0.308. The molecule has 0 heterocycles. The lowest BCUT2D eigenvalue weighted by Gasteiger charge is -2.06. The van der Waals surface area contributed by atoms with Crippen LogP contribution < -0.4 is 0 Å². The quantitative estimate of drug-likeness (QED) is 0.502. The standard InChI is InChI=1S/C6H12O2S2/c1-2-8-6(7)5(10)3-4-9/h5,9-10H,2-4H2,1H3. The van der Waals surface area contributed by atoms with Gasteiger partial charge < -0.3 is 4.74 Å². The van der Waals surface area contributed by atoms with Crippen LogP contribution in [-0.2, 0) is 9.53 Å². The number of carbonyl (C=O) groups is 1. The molecule has 1 unspecified atom stereocenters. The predicted octanol–water partition coefficient (Wildman–Crippen LogP) is 1.17. The molecule has 0 amide bonds. The highest BCUT2D eigenvalue weighted by atomic mass is 32.1. The molecule has 0 radical (unpaired) electrons. The van der Waals surface area contributed by atoms with Crippen molar-refractivity contribution in [3.8, 4) is 0 Å². The lowest BCUT2D eigenvalue weighted by molar-refractivity contribution is -0.142. The fourth-order valence-corrected chi connectivity index (χ4v) is 1.14. The molecular formula is C6H12O2S2. The first kappa shape index (κ1) is 10.2. The van der Waals surface area contributed by atoms with Crippen molar-refractivity contribution in [3.05, 3.63) is 0 Å². The van der Waals surface area contributed by atoms with Gasteiger partial charge in [-0.25, -0.2) is 0 Å². The number of hydrogen-bond donors (Lipinski definition) is 2. The van der Waals surface area contributed by atoms with Crippen LogP contribution in [0.1, 0.15) is 13.3 Å². The van der Waals surface area contributed by atoms with Gasteiger partial charge in [0.15, 0.2) is 0 Å². The maximum Gasteiger partial charge on any atom is 0.318 e. The zero-order chi connectivity index (χ0) is 7.98. The number of rotatable bonds is 4. The first-order valence-corrected chi connectivity index (χ1v) is 4.32. The van der Waals surface area contributed by atoms with Crippen LogP contribution >= 0.6 is 25.3 Å². The molecule has 0 saturated heterocycles. The Hall–Kier alpha value is 0.170. The van der Waals surface area contributed by atoms with Gasteiger partial charge in [-0.3, -0.25) is 4.79 Å². The first-order chi connectivity index (χ1) is 4.72. The molecule has 1 atom stereocenters. The van der Waals surface area contributed by atoms with Crippen LogP contribution in [0.4, 0.5) is 0 Å². The Morgan fingerprint density at radius 2 is 2.30 bits per heavy atom. The van der Waals surface area contributed by atoms with Crippen LogP contribution in [0.5, 0.6) is 0 Å². The first-order valence-electron chi connectivity index (χ1n) is 3.18. The van der Waals surface area contributed by atoms with Gasteiger partial charge in [0, 0.05) is 0 Å². The monoisotopic (exact) mass is 180 g/mol. The predicted molar refractivity (Wildman–Crippen MR) is 47.9 cm³/mol. The number of thiol groups is 2. The van der Waals surface area contributed by atoms with Crippen molar-refractivity contribution >= 4 is 31.2 Å². The van der Waals surface area contributed by atoms with Crippen molar-refractivity contribution in [3.63, 3.8) is 0 Å². The van der Waals surface area contributed by atoms with Crippen molar-refractivity contribution in [2.45, 2.75) is 18.6 Å². The molecule has 0 aromatic rings. The molecule has 0 aromatic heterocycles. The van der Waals surface area contributed by atoms with E-state index in [1.165, 1.54) is 0 Å². The molecule has 2 nitrogen and oxygen atoms in total. The van der Waals surface area contributed by atoms with Gasteiger partial charge in [-0.15, -0.1) is 0 Å². The molecular weight excluding hydrogens is 168 g/mol. The van der Waals surface area contributed by atoms with Crippen molar-refractivity contribution in [2.75, 3.05) is 12.4 Å². The third-order valence-electron chi connectivity index (χ3n) is 0.961. The molecule has 0 spiro atoms. The molecule has 0 aliphatic rings. The summed E-state index contributed by atoms with van der Waals surface area (Å²) in [5.41, 5.74) is 0. The van der Waals surface area contributed by atoms with E-state index in [-0.39, 0.29) is 11.2 Å². The maximum absolute atomic E-state index is 10.8. The Morgan fingerprint density at radius 1 is 1.70 bits per heavy atom.